The molecule has 10 nitrogen and oxygen atoms in total. The van der Waals surface area contributed by atoms with Gasteiger partial charge in [0.05, 0.1) is 17.3 Å². The van der Waals surface area contributed by atoms with Gasteiger partial charge in [-0.05, 0) is 48.5 Å². The summed E-state index contributed by atoms with van der Waals surface area (Å²) < 4.78 is 17.4. The third-order valence-corrected chi connectivity index (χ3v) is 4.32. The topological polar surface area (TPSA) is 121 Å². The van der Waals surface area contributed by atoms with Crippen LogP contribution in [0.3, 0.4) is 0 Å². The fourth-order valence-electron chi connectivity index (χ4n) is 2.75. The van der Waals surface area contributed by atoms with Crippen molar-refractivity contribution in [1.82, 2.24) is 19.9 Å². The smallest absolute Gasteiger partial charge is 0.343 e. The Labute approximate surface area is 182 Å². The van der Waals surface area contributed by atoms with Gasteiger partial charge in [-0.2, -0.15) is 10.1 Å². The molecule has 0 aliphatic rings. The predicted octanol–water partition coefficient (Wildman–Crippen LogP) is 3.16. The molecule has 0 unspecified atom stereocenters. The molecule has 1 N–H and O–H groups in total. The van der Waals surface area contributed by atoms with E-state index in [1.165, 1.54) is 6.20 Å². The first-order valence-corrected chi connectivity index (χ1v) is 9.60. The van der Waals surface area contributed by atoms with Crippen molar-refractivity contribution in [2.24, 2.45) is 7.05 Å². The number of hydrogen-bond donors (Lipinski definition) is 1. The molecule has 0 saturated heterocycles. The first-order valence-electron chi connectivity index (χ1n) is 9.60. The highest BCUT2D eigenvalue weighted by Crippen LogP contribution is 2.19. The summed E-state index contributed by atoms with van der Waals surface area (Å²) in [7, 11) is 1.73. The molecule has 2 heterocycles. The number of anilines is 1. The van der Waals surface area contributed by atoms with Gasteiger partial charge in [0.2, 0.25) is 11.7 Å². The number of carbonyl (C=O) groups is 2. The van der Waals surface area contributed by atoms with Crippen molar-refractivity contribution in [3.63, 3.8) is 0 Å². The zero-order valence-corrected chi connectivity index (χ0v) is 17.3. The number of ether oxygens (including phenoxy) is 2. The zero-order chi connectivity index (χ0) is 22.5. The molecule has 1 amide bonds. The van der Waals surface area contributed by atoms with E-state index >= 15 is 0 Å². The molecule has 4 aromatic rings. The first-order chi connectivity index (χ1) is 15.5. The number of amides is 1. The molecule has 4 rings (SSSR count). The van der Waals surface area contributed by atoms with Crippen LogP contribution in [-0.4, -0.2) is 31.8 Å². The van der Waals surface area contributed by atoms with Crippen molar-refractivity contribution < 1.29 is 23.6 Å². The zero-order valence-electron chi connectivity index (χ0n) is 17.3. The molecule has 0 fully saturated rings. The van der Waals surface area contributed by atoms with Gasteiger partial charge in [-0.15, -0.1) is 0 Å². The highest BCUT2D eigenvalue weighted by Gasteiger charge is 2.11. The number of aryl methyl sites for hydroxylation is 2. The summed E-state index contributed by atoms with van der Waals surface area (Å²) in [5.74, 6) is 1.01. The summed E-state index contributed by atoms with van der Waals surface area (Å²) >= 11 is 0. The standard InChI is InChI=1S/C22H19N5O5/c1-14-24-20(26-32-14)13-30-18-7-3-15(4-8-18)22(29)31-19-9-5-17(6-10-19)25-21(28)16-11-23-27(2)12-16/h3-12H,13H2,1-2H3,(H,25,28). The molecule has 10 heteroatoms. The predicted molar refractivity (Wildman–Crippen MR) is 112 cm³/mol. The molecule has 2 aromatic carbocycles. The van der Waals surface area contributed by atoms with Crippen LogP contribution in [0.25, 0.3) is 0 Å². The van der Waals surface area contributed by atoms with Crippen LogP contribution < -0.4 is 14.8 Å². The lowest BCUT2D eigenvalue weighted by atomic mass is 10.2. The van der Waals surface area contributed by atoms with Crippen LogP contribution in [-0.2, 0) is 13.7 Å². The first kappa shape index (κ1) is 20.8. The number of nitrogens with one attached hydrogen (secondary N) is 1. The SMILES string of the molecule is Cc1nc(COc2ccc(C(=O)Oc3ccc(NC(=O)c4cnn(C)c4)cc3)cc2)no1. The Balaban J connectivity index is 1.30. The Hall–Kier alpha value is -4.47. The van der Waals surface area contributed by atoms with E-state index in [1.807, 2.05) is 0 Å². The number of esters is 1. The van der Waals surface area contributed by atoms with Crippen LogP contribution in [0.1, 0.15) is 32.4 Å². The number of rotatable bonds is 7. The van der Waals surface area contributed by atoms with E-state index in [-0.39, 0.29) is 12.5 Å². The molecule has 0 atom stereocenters. The highest BCUT2D eigenvalue weighted by atomic mass is 16.5. The molecule has 0 spiro atoms. The van der Waals surface area contributed by atoms with Gasteiger partial charge in [0.15, 0.2) is 6.61 Å². The Morgan fingerprint density at radius 3 is 2.38 bits per heavy atom. The number of nitrogens with zero attached hydrogens (tertiary/aromatic N) is 4. The second-order valence-corrected chi connectivity index (χ2v) is 6.81. The van der Waals surface area contributed by atoms with Crippen molar-refractivity contribution in [3.8, 4) is 11.5 Å². The van der Waals surface area contributed by atoms with Crippen molar-refractivity contribution in [2.75, 3.05) is 5.32 Å². The summed E-state index contributed by atoms with van der Waals surface area (Å²) in [6, 6.07) is 13.0. The van der Waals surface area contributed by atoms with Gasteiger partial charge in [0.1, 0.15) is 11.5 Å². The van der Waals surface area contributed by atoms with E-state index in [2.05, 4.69) is 20.6 Å². The van der Waals surface area contributed by atoms with Gasteiger partial charge in [-0.3, -0.25) is 9.48 Å². The van der Waals surface area contributed by atoms with Gasteiger partial charge in [0, 0.05) is 25.9 Å². The molecular formula is C22H19N5O5. The van der Waals surface area contributed by atoms with Gasteiger partial charge < -0.3 is 19.3 Å². The summed E-state index contributed by atoms with van der Waals surface area (Å²) in [6.45, 7) is 1.85. The largest absolute Gasteiger partial charge is 0.485 e. The number of benzene rings is 2. The van der Waals surface area contributed by atoms with Crippen LogP contribution in [0.5, 0.6) is 11.5 Å². The van der Waals surface area contributed by atoms with Gasteiger partial charge in [0.25, 0.3) is 5.91 Å². The maximum Gasteiger partial charge on any atom is 0.343 e. The minimum atomic E-state index is -0.516. The van der Waals surface area contributed by atoms with Crippen LogP contribution >= 0.6 is 0 Å². The van der Waals surface area contributed by atoms with Gasteiger partial charge in [-0.1, -0.05) is 5.16 Å². The van der Waals surface area contributed by atoms with Crippen molar-refractivity contribution in [3.05, 3.63) is 83.8 Å². The van der Waals surface area contributed by atoms with Crippen molar-refractivity contribution >= 4 is 17.6 Å². The Bertz CT molecular complexity index is 1230. The van der Waals surface area contributed by atoms with E-state index in [1.54, 1.807) is 73.4 Å². The molecule has 2 aromatic heterocycles. The molecule has 0 radical (unpaired) electrons. The maximum absolute atomic E-state index is 12.4. The molecular weight excluding hydrogens is 414 g/mol. The number of aromatic nitrogens is 4. The van der Waals surface area contributed by atoms with E-state index < -0.39 is 5.97 Å². The minimum Gasteiger partial charge on any atom is -0.485 e. The molecule has 0 saturated carbocycles. The lowest BCUT2D eigenvalue weighted by molar-refractivity contribution is 0.0734. The minimum absolute atomic E-state index is 0.158. The number of hydrogen-bond acceptors (Lipinski definition) is 8. The summed E-state index contributed by atoms with van der Waals surface area (Å²) in [5.41, 5.74) is 1.38. The summed E-state index contributed by atoms with van der Waals surface area (Å²) in [6.07, 6.45) is 3.10. The third kappa shape index (κ3) is 5.17. The van der Waals surface area contributed by atoms with E-state index in [0.717, 1.165) is 0 Å². The van der Waals surface area contributed by atoms with Crippen molar-refractivity contribution in [2.45, 2.75) is 13.5 Å². The van der Waals surface area contributed by atoms with Gasteiger partial charge in [-0.25, -0.2) is 4.79 Å². The van der Waals surface area contributed by atoms with Gasteiger partial charge >= 0.3 is 5.97 Å². The van der Waals surface area contributed by atoms with E-state index in [4.69, 9.17) is 14.0 Å². The Morgan fingerprint density at radius 2 is 1.75 bits per heavy atom. The third-order valence-electron chi connectivity index (χ3n) is 4.32. The molecule has 0 aliphatic heterocycles. The van der Waals surface area contributed by atoms with E-state index in [0.29, 0.717) is 40.0 Å². The fourth-order valence-corrected chi connectivity index (χ4v) is 2.75. The molecule has 0 bridgehead atoms. The van der Waals surface area contributed by atoms with Crippen molar-refractivity contribution in [1.29, 1.82) is 0 Å². The number of carbonyl (C=O) groups excluding carboxylic acids is 2. The monoisotopic (exact) mass is 433 g/mol. The lowest BCUT2D eigenvalue weighted by Crippen LogP contribution is -2.11. The summed E-state index contributed by atoms with van der Waals surface area (Å²) in [4.78, 5) is 28.6. The second-order valence-electron chi connectivity index (χ2n) is 6.81. The fraction of sp³-hybridized carbons (Fsp3) is 0.136. The quantitative estimate of drug-likeness (QED) is 0.348. The lowest BCUT2D eigenvalue weighted by Gasteiger charge is -2.08. The molecule has 162 valence electrons. The Morgan fingerprint density at radius 1 is 1.03 bits per heavy atom. The van der Waals surface area contributed by atoms with Crippen LogP contribution in [0, 0.1) is 6.92 Å². The molecule has 0 aliphatic carbocycles. The van der Waals surface area contributed by atoms with Crippen LogP contribution in [0.2, 0.25) is 0 Å². The highest BCUT2D eigenvalue weighted by molar-refractivity contribution is 6.04. The average Bonchev–Trinajstić information content (AvgIpc) is 3.42. The Kier molecular flexibility index (Phi) is 5.93. The average molecular weight is 433 g/mol. The summed E-state index contributed by atoms with van der Waals surface area (Å²) in [5, 5.41) is 10.5. The van der Waals surface area contributed by atoms with Crippen LogP contribution in [0.15, 0.2) is 65.4 Å². The normalized spacial score (nSPS) is 10.6. The van der Waals surface area contributed by atoms with Crippen LogP contribution in [0.4, 0.5) is 5.69 Å². The molecule has 32 heavy (non-hydrogen) atoms. The maximum atomic E-state index is 12.4. The van der Waals surface area contributed by atoms with E-state index in [9.17, 15) is 9.59 Å². The second kappa shape index (κ2) is 9.13.